The molecule has 164 valence electrons. The third kappa shape index (κ3) is 4.59. The number of anilines is 1. The van der Waals surface area contributed by atoms with Crippen LogP contribution in [0.2, 0.25) is 0 Å². The molecule has 0 atom stereocenters. The normalized spacial score (nSPS) is 10.4. The van der Waals surface area contributed by atoms with E-state index in [9.17, 15) is 18.4 Å². The fraction of sp³-hybridized carbons (Fsp3) is 0.174. The average molecular weight is 437 g/mol. The fourth-order valence-electron chi connectivity index (χ4n) is 3.16. The molecule has 0 unspecified atom stereocenters. The summed E-state index contributed by atoms with van der Waals surface area (Å²) in [5, 5.41) is 9.83. The lowest BCUT2D eigenvalue weighted by Crippen LogP contribution is -2.31. The second kappa shape index (κ2) is 9.31. The molecule has 7 nitrogen and oxygen atoms in total. The molecule has 0 saturated heterocycles. The summed E-state index contributed by atoms with van der Waals surface area (Å²) >= 11 is 0. The maximum Gasteiger partial charge on any atom is 0.280 e. The predicted molar refractivity (Wildman–Crippen MR) is 118 cm³/mol. The Morgan fingerprint density at radius 3 is 2.62 bits per heavy atom. The van der Waals surface area contributed by atoms with Crippen molar-refractivity contribution in [3.05, 3.63) is 86.3 Å². The van der Waals surface area contributed by atoms with E-state index in [1.165, 1.54) is 15.4 Å². The van der Waals surface area contributed by atoms with Crippen molar-refractivity contribution in [1.82, 2.24) is 14.7 Å². The van der Waals surface area contributed by atoms with Crippen molar-refractivity contribution in [2.24, 2.45) is 7.05 Å². The number of hydrogen-bond donors (Lipinski definition) is 3. The van der Waals surface area contributed by atoms with Gasteiger partial charge >= 0.3 is 0 Å². The summed E-state index contributed by atoms with van der Waals surface area (Å²) in [5.41, 5.74) is 7.68. The summed E-state index contributed by atoms with van der Waals surface area (Å²) in [6.07, 6.45) is 1.15. The number of nitrogens with zero attached hydrogens (tertiary/aromatic N) is 2. The highest BCUT2D eigenvalue weighted by molar-refractivity contribution is 5.95. The molecule has 0 aliphatic carbocycles. The van der Waals surface area contributed by atoms with Crippen molar-refractivity contribution in [2.45, 2.75) is 13.5 Å². The number of aromatic nitrogens is 2. The molecule has 1 heterocycles. The molecule has 0 radical (unpaired) electrons. The van der Waals surface area contributed by atoms with Crippen molar-refractivity contribution in [3.63, 3.8) is 0 Å². The van der Waals surface area contributed by atoms with Crippen molar-refractivity contribution in [2.75, 3.05) is 12.3 Å². The Balaban J connectivity index is 1.74. The van der Waals surface area contributed by atoms with Crippen molar-refractivity contribution < 1.29 is 13.6 Å². The first-order valence-corrected chi connectivity index (χ1v) is 9.60. The van der Waals surface area contributed by atoms with Gasteiger partial charge in [0.05, 0.1) is 13.1 Å². The monoisotopic (exact) mass is 437 g/mol. The minimum Gasteiger partial charge on any atom is -0.398 e. The second-order valence-electron chi connectivity index (χ2n) is 7.07. The van der Waals surface area contributed by atoms with Gasteiger partial charge in [0.15, 0.2) is 11.6 Å². The number of nitrogen functional groups attached to an aromatic ring is 1. The lowest BCUT2D eigenvalue weighted by Gasteiger charge is -2.08. The quantitative estimate of drug-likeness (QED) is 0.324. The molecular formula is C23H21F2N5O2. The first-order valence-electron chi connectivity index (χ1n) is 9.60. The summed E-state index contributed by atoms with van der Waals surface area (Å²) in [6.45, 7) is 1.60. The molecule has 0 aliphatic rings. The van der Waals surface area contributed by atoms with E-state index in [1.54, 1.807) is 32.2 Å². The van der Waals surface area contributed by atoms with Gasteiger partial charge in [0.2, 0.25) is 0 Å². The lowest BCUT2D eigenvalue weighted by molar-refractivity contribution is 0.0957. The number of amides is 1. The van der Waals surface area contributed by atoms with E-state index in [0.717, 1.165) is 18.3 Å². The van der Waals surface area contributed by atoms with Crippen LogP contribution >= 0.6 is 0 Å². The molecule has 9 heteroatoms. The standard InChI is InChI=1S/C23H21F2N5O2/c1-14-21(22(31)28-9-3-4-15-5-7-17(12-26)20(27)11-15)23(32)30(29(14)2)13-16-6-8-18(24)19(25)10-16/h5-8,10-12,26H,9,13,27H2,1-2H3,(H,28,31). The number of benzene rings is 2. The van der Waals surface area contributed by atoms with Crippen LogP contribution in [-0.4, -0.2) is 28.0 Å². The SMILES string of the molecule is Cc1c(C(=O)NCC#Cc2ccc(C=N)c(N)c2)c(=O)n(Cc2ccc(F)c(F)c2)n1C. The third-order valence-corrected chi connectivity index (χ3v) is 5.01. The van der Waals surface area contributed by atoms with Gasteiger partial charge in [-0.15, -0.1) is 0 Å². The van der Waals surface area contributed by atoms with Crippen molar-refractivity contribution in [1.29, 1.82) is 5.41 Å². The van der Waals surface area contributed by atoms with Gasteiger partial charge in [-0.3, -0.25) is 14.3 Å². The predicted octanol–water partition coefficient (Wildman–Crippen LogP) is 2.18. The summed E-state index contributed by atoms with van der Waals surface area (Å²) in [6, 6.07) is 8.40. The Labute approximate surface area is 183 Å². The second-order valence-corrected chi connectivity index (χ2v) is 7.07. The Kier molecular flexibility index (Phi) is 6.54. The minimum atomic E-state index is -1.01. The van der Waals surface area contributed by atoms with Crippen LogP contribution in [0.15, 0.2) is 41.2 Å². The summed E-state index contributed by atoms with van der Waals surface area (Å²) in [5.74, 6) is 3.08. The van der Waals surface area contributed by atoms with Crippen molar-refractivity contribution in [3.8, 4) is 11.8 Å². The van der Waals surface area contributed by atoms with Crippen LogP contribution in [0.5, 0.6) is 0 Å². The van der Waals surface area contributed by atoms with Crippen LogP contribution in [0.1, 0.15) is 32.7 Å². The first-order chi connectivity index (χ1) is 15.2. The van der Waals surface area contributed by atoms with E-state index in [1.807, 2.05) is 0 Å². The van der Waals surface area contributed by atoms with E-state index in [4.69, 9.17) is 11.1 Å². The van der Waals surface area contributed by atoms with E-state index < -0.39 is 23.1 Å². The third-order valence-electron chi connectivity index (χ3n) is 5.01. The first kappa shape index (κ1) is 22.5. The molecular weight excluding hydrogens is 416 g/mol. The molecule has 3 rings (SSSR count). The molecule has 32 heavy (non-hydrogen) atoms. The van der Waals surface area contributed by atoms with Gasteiger partial charge in [-0.1, -0.05) is 24.0 Å². The summed E-state index contributed by atoms with van der Waals surface area (Å²) < 4.78 is 29.4. The largest absolute Gasteiger partial charge is 0.398 e. The zero-order valence-corrected chi connectivity index (χ0v) is 17.5. The van der Waals surface area contributed by atoms with Gasteiger partial charge in [0, 0.05) is 35.8 Å². The topological polar surface area (TPSA) is 106 Å². The van der Waals surface area contributed by atoms with E-state index in [2.05, 4.69) is 17.2 Å². The van der Waals surface area contributed by atoms with Crippen LogP contribution in [0, 0.1) is 35.8 Å². The Morgan fingerprint density at radius 1 is 1.22 bits per heavy atom. The molecule has 0 saturated carbocycles. The Bertz CT molecular complexity index is 1330. The van der Waals surface area contributed by atoms with Gasteiger partial charge in [0.1, 0.15) is 5.56 Å². The maximum absolute atomic E-state index is 13.5. The molecule has 0 fully saturated rings. The average Bonchev–Trinajstić information content (AvgIpc) is 2.97. The summed E-state index contributed by atoms with van der Waals surface area (Å²) in [7, 11) is 1.61. The van der Waals surface area contributed by atoms with Gasteiger partial charge in [-0.25, -0.2) is 13.5 Å². The highest BCUT2D eigenvalue weighted by Crippen LogP contribution is 2.12. The van der Waals surface area contributed by atoms with Crippen LogP contribution in [0.3, 0.4) is 0 Å². The number of carbonyl (C=O) groups is 1. The van der Waals surface area contributed by atoms with Crippen molar-refractivity contribution >= 4 is 17.8 Å². The highest BCUT2D eigenvalue weighted by atomic mass is 19.2. The number of hydrogen-bond acceptors (Lipinski definition) is 4. The molecule has 4 N–H and O–H groups in total. The lowest BCUT2D eigenvalue weighted by atomic mass is 10.1. The Morgan fingerprint density at radius 2 is 1.97 bits per heavy atom. The van der Waals surface area contributed by atoms with Crippen LogP contribution in [0.25, 0.3) is 0 Å². The number of rotatable bonds is 5. The van der Waals surface area contributed by atoms with Gasteiger partial charge in [-0.2, -0.15) is 0 Å². The molecule has 2 aromatic carbocycles. The molecule has 3 aromatic rings. The van der Waals surface area contributed by atoms with Crippen LogP contribution in [-0.2, 0) is 13.6 Å². The van der Waals surface area contributed by atoms with E-state index in [-0.39, 0.29) is 18.7 Å². The maximum atomic E-state index is 13.5. The molecule has 1 amide bonds. The fourth-order valence-corrected chi connectivity index (χ4v) is 3.16. The molecule has 0 spiro atoms. The number of halogens is 2. The van der Waals surface area contributed by atoms with Gasteiger partial charge in [0.25, 0.3) is 11.5 Å². The van der Waals surface area contributed by atoms with Gasteiger partial charge in [-0.05, 0) is 36.8 Å². The summed E-state index contributed by atoms with van der Waals surface area (Å²) in [4.78, 5) is 25.4. The zero-order valence-electron chi connectivity index (χ0n) is 17.5. The molecule has 0 aliphatic heterocycles. The number of carbonyl (C=O) groups excluding carboxylic acids is 1. The van der Waals surface area contributed by atoms with Gasteiger partial charge < -0.3 is 16.5 Å². The Hall–Kier alpha value is -4.19. The molecule has 1 aromatic heterocycles. The smallest absolute Gasteiger partial charge is 0.280 e. The van der Waals surface area contributed by atoms with Crippen LogP contribution in [0.4, 0.5) is 14.5 Å². The number of nitrogens with one attached hydrogen (secondary N) is 2. The minimum absolute atomic E-state index is 0.00199. The number of nitrogens with two attached hydrogens (primary N) is 1. The van der Waals surface area contributed by atoms with E-state index >= 15 is 0 Å². The van der Waals surface area contributed by atoms with E-state index in [0.29, 0.717) is 28.1 Å². The van der Waals surface area contributed by atoms with Crippen LogP contribution < -0.4 is 16.6 Å². The zero-order chi connectivity index (χ0) is 23.4. The highest BCUT2D eigenvalue weighted by Gasteiger charge is 2.21. The molecule has 0 bridgehead atoms.